The minimum atomic E-state index is -0.405. The maximum atomic E-state index is 13.1. The number of halogens is 1. The number of rotatable bonds is 5. The molecule has 2 rings (SSSR count). The van der Waals surface area contributed by atoms with E-state index in [1.165, 1.54) is 6.07 Å². The summed E-state index contributed by atoms with van der Waals surface area (Å²) in [5, 5.41) is 12.7. The molecule has 0 aliphatic carbocycles. The van der Waals surface area contributed by atoms with E-state index < -0.39 is 5.82 Å². The predicted molar refractivity (Wildman–Crippen MR) is 71.6 cm³/mol. The zero-order valence-corrected chi connectivity index (χ0v) is 11.2. The number of nitrogens with zero attached hydrogens (tertiary/aromatic N) is 1. The Hall–Kier alpha value is -1.17. The molecule has 4 nitrogen and oxygen atoms in total. The quantitative estimate of drug-likeness (QED) is 0.846. The third kappa shape index (κ3) is 4.78. The lowest BCUT2D eigenvalue weighted by atomic mass is 10.2. The first-order chi connectivity index (χ1) is 9.13. The number of benzene rings is 1. The van der Waals surface area contributed by atoms with Crippen LogP contribution >= 0.6 is 0 Å². The number of morpholine rings is 1. The molecular weight excluding hydrogens is 247 g/mol. The Morgan fingerprint density at radius 2 is 2.11 bits per heavy atom. The van der Waals surface area contributed by atoms with Gasteiger partial charge in [0.05, 0.1) is 13.2 Å². The van der Waals surface area contributed by atoms with Crippen LogP contribution in [0.15, 0.2) is 18.2 Å². The zero-order valence-electron chi connectivity index (χ0n) is 11.2. The zero-order chi connectivity index (χ0) is 13.7. The topological polar surface area (TPSA) is 44.7 Å². The third-order valence-corrected chi connectivity index (χ3v) is 3.23. The van der Waals surface area contributed by atoms with Crippen LogP contribution in [0.1, 0.15) is 12.5 Å². The second kappa shape index (κ2) is 6.84. The van der Waals surface area contributed by atoms with Crippen molar-refractivity contribution in [1.29, 1.82) is 0 Å². The maximum Gasteiger partial charge on any atom is 0.127 e. The molecule has 2 N–H and O–H groups in total. The van der Waals surface area contributed by atoms with E-state index in [-0.39, 0.29) is 5.75 Å². The molecule has 0 amide bonds. The second-order valence-corrected chi connectivity index (χ2v) is 5.01. The molecule has 0 radical (unpaired) electrons. The van der Waals surface area contributed by atoms with Crippen molar-refractivity contribution in [3.05, 3.63) is 29.6 Å². The Bertz CT molecular complexity index is 388. The highest BCUT2D eigenvalue weighted by Crippen LogP contribution is 2.14. The number of phenolic OH excluding ortho intramolecular Hbond substituents is 1. The lowest BCUT2D eigenvalue weighted by Crippen LogP contribution is -2.44. The highest BCUT2D eigenvalue weighted by Gasteiger charge is 2.13. The fourth-order valence-electron chi connectivity index (χ4n) is 2.26. The first-order valence-corrected chi connectivity index (χ1v) is 6.65. The molecule has 1 fully saturated rings. The van der Waals surface area contributed by atoms with Gasteiger partial charge in [-0.3, -0.25) is 4.90 Å². The summed E-state index contributed by atoms with van der Waals surface area (Å²) >= 11 is 0. The van der Waals surface area contributed by atoms with Crippen LogP contribution in [0.2, 0.25) is 0 Å². The van der Waals surface area contributed by atoms with Crippen molar-refractivity contribution in [3.63, 3.8) is 0 Å². The summed E-state index contributed by atoms with van der Waals surface area (Å²) in [4.78, 5) is 2.35. The summed E-state index contributed by atoms with van der Waals surface area (Å²) < 4.78 is 18.4. The van der Waals surface area contributed by atoms with E-state index in [4.69, 9.17) is 4.74 Å². The molecule has 0 aromatic heterocycles. The van der Waals surface area contributed by atoms with Crippen molar-refractivity contribution < 1.29 is 14.2 Å². The highest BCUT2D eigenvalue weighted by atomic mass is 19.1. The Morgan fingerprint density at radius 3 is 2.79 bits per heavy atom. The van der Waals surface area contributed by atoms with Gasteiger partial charge in [-0.2, -0.15) is 0 Å². The van der Waals surface area contributed by atoms with Gasteiger partial charge in [0.15, 0.2) is 0 Å². The van der Waals surface area contributed by atoms with Crippen LogP contribution in [0.25, 0.3) is 0 Å². The molecule has 5 heteroatoms. The smallest absolute Gasteiger partial charge is 0.127 e. The van der Waals surface area contributed by atoms with E-state index in [9.17, 15) is 9.50 Å². The SMILES string of the molecule is CC(CN1CCOCC1)NCc1cc(O)cc(F)c1. The van der Waals surface area contributed by atoms with Gasteiger partial charge in [0.2, 0.25) is 0 Å². The van der Waals surface area contributed by atoms with Gasteiger partial charge in [0.25, 0.3) is 0 Å². The fraction of sp³-hybridized carbons (Fsp3) is 0.571. The number of nitrogens with one attached hydrogen (secondary N) is 1. The van der Waals surface area contributed by atoms with Crippen LogP contribution in [-0.4, -0.2) is 48.9 Å². The van der Waals surface area contributed by atoms with E-state index >= 15 is 0 Å². The van der Waals surface area contributed by atoms with Crippen molar-refractivity contribution >= 4 is 0 Å². The van der Waals surface area contributed by atoms with Crippen LogP contribution in [0.3, 0.4) is 0 Å². The summed E-state index contributed by atoms with van der Waals surface area (Å²) in [5.41, 5.74) is 0.756. The molecule has 1 heterocycles. The maximum absolute atomic E-state index is 13.1. The van der Waals surface area contributed by atoms with Gasteiger partial charge in [-0.05, 0) is 24.6 Å². The summed E-state index contributed by atoms with van der Waals surface area (Å²) in [6, 6.07) is 4.44. The summed E-state index contributed by atoms with van der Waals surface area (Å²) in [6.07, 6.45) is 0. The lowest BCUT2D eigenvalue weighted by Gasteiger charge is -2.29. The molecule has 1 aromatic rings. The Morgan fingerprint density at radius 1 is 1.37 bits per heavy atom. The van der Waals surface area contributed by atoms with Gasteiger partial charge in [-0.25, -0.2) is 4.39 Å². The van der Waals surface area contributed by atoms with Crippen LogP contribution < -0.4 is 5.32 Å². The molecular formula is C14H21FN2O2. The predicted octanol–water partition coefficient (Wildman–Crippen LogP) is 1.34. The molecule has 1 saturated heterocycles. The normalized spacial score (nSPS) is 18.4. The van der Waals surface area contributed by atoms with Crippen LogP contribution in [0.4, 0.5) is 4.39 Å². The van der Waals surface area contributed by atoms with Gasteiger partial charge in [-0.15, -0.1) is 0 Å². The Balaban J connectivity index is 1.77. The number of ether oxygens (including phenoxy) is 1. The molecule has 0 saturated carbocycles. The monoisotopic (exact) mass is 268 g/mol. The third-order valence-electron chi connectivity index (χ3n) is 3.23. The number of phenols is 1. The van der Waals surface area contributed by atoms with Gasteiger partial charge >= 0.3 is 0 Å². The largest absolute Gasteiger partial charge is 0.508 e. The number of aromatic hydroxyl groups is 1. The summed E-state index contributed by atoms with van der Waals surface area (Å²) in [5.74, 6) is -0.435. The van der Waals surface area contributed by atoms with Gasteiger partial charge < -0.3 is 15.2 Å². The molecule has 0 spiro atoms. The molecule has 0 bridgehead atoms. The first-order valence-electron chi connectivity index (χ1n) is 6.65. The van der Waals surface area contributed by atoms with Crippen LogP contribution in [0, 0.1) is 5.82 Å². The van der Waals surface area contributed by atoms with Gasteiger partial charge in [-0.1, -0.05) is 0 Å². The minimum Gasteiger partial charge on any atom is -0.508 e. The fourth-order valence-corrected chi connectivity index (χ4v) is 2.26. The van der Waals surface area contributed by atoms with E-state index in [0.29, 0.717) is 12.6 Å². The lowest BCUT2D eigenvalue weighted by molar-refractivity contribution is 0.0343. The highest BCUT2D eigenvalue weighted by molar-refractivity contribution is 5.28. The van der Waals surface area contributed by atoms with Crippen molar-refractivity contribution in [3.8, 4) is 5.75 Å². The average Bonchev–Trinajstić information content (AvgIpc) is 2.36. The molecule has 1 atom stereocenters. The van der Waals surface area contributed by atoms with Crippen molar-refractivity contribution in [2.24, 2.45) is 0 Å². The van der Waals surface area contributed by atoms with E-state index in [2.05, 4.69) is 17.1 Å². The molecule has 106 valence electrons. The second-order valence-electron chi connectivity index (χ2n) is 5.01. The van der Waals surface area contributed by atoms with Gasteiger partial charge in [0.1, 0.15) is 11.6 Å². The molecule has 1 aromatic carbocycles. The van der Waals surface area contributed by atoms with Crippen molar-refractivity contribution in [2.75, 3.05) is 32.8 Å². The Kier molecular flexibility index (Phi) is 5.13. The standard InChI is InChI=1S/C14H21FN2O2/c1-11(10-17-2-4-19-5-3-17)16-9-12-6-13(15)8-14(18)7-12/h6-8,11,16,18H,2-5,9-10H2,1H3. The van der Waals surface area contributed by atoms with Crippen molar-refractivity contribution in [2.45, 2.75) is 19.5 Å². The van der Waals surface area contributed by atoms with Gasteiger partial charge in [0, 0.05) is 38.3 Å². The Labute approximate surface area is 113 Å². The summed E-state index contributed by atoms with van der Waals surface area (Å²) in [6.45, 7) is 7.13. The molecule has 1 aliphatic heterocycles. The van der Waals surface area contributed by atoms with Crippen LogP contribution in [0.5, 0.6) is 5.75 Å². The van der Waals surface area contributed by atoms with E-state index in [1.807, 2.05) is 0 Å². The number of hydrogen-bond acceptors (Lipinski definition) is 4. The number of hydrogen-bond donors (Lipinski definition) is 2. The first kappa shape index (κ1) is 14.2. The molecule has 1 aliphatic rings. The molecule has 1 unspecified atom stereocenters. The van der Waals surface area contributed by atoms with E-state index in [1.54, 1.807) is 6.07 Å². The van der Waals surface area contributed by atoms with Crippen LogP contribution in [-0.2, 0) is 11.3 Å². The van der Waals surface area contributed by atoms with E-state index in [0.717, 1.165) is 44.5 Å². The average molecular weight is 268 g/mol. The van der Waals surface area contributed by atoms with Crippen molar-refractivity contribution in [1.82, 2.24) is 10.2 Å². The minimum absolute atomic E-state index is 0.0300. The molecule has 19 heavy (non-hydrogen) atoms. The summed E-state index contributed by atoms with van der Waals surface area (Å²) in [7, 11) is 0.